The number of imide groups is 2. The van der Waals surface area contributed by atoms with Crippen molar-refractivity contribution in [3.05, 3.63) is 62.8 Å². The fourth-order valence-corrected chi connectivity index (χ4v) is 9.02. The number of hydrogen-bond acceptors (Lipinski definition) is 6. The lowest BCUT2D eigenvalue weighted by atomic mass is 9.56. The minimum Gasteiger partial charge on any atom is -0.508 e. The number of carbonyl (C=O) groups is 4. The largest absolute Gasteiger partial charge is 0.508 e. The molecule has 0 radical (unpaired) electrons. The Morgan fingerprint density at radius 1 is 1.05 bits per heavy atom. The SMILES string of the molecule is O=C1[C@H]2[C@H](CC=C3[C@H]2C[C@@]2(Cl)C(=O)N(CBr)C(=O)[C@@]2(Cl)[C@H]3c2ccc(O)cc2Cl)C(=O)N1Cc1cccs1. The lowest BCUT2D eigenvalue weighted by Crippen LogP contribution is -2.60. The van der Waals surface area contributed by atoms with Crippen molar-refractivity contribution in [1.29, 1.82) is 0 Å². The van der Waals surface area contributed by atoms with Crippen LogP contribution >= 0.6 is 62.1 Å². The second-order valence-corrected chi connectivity index (χ2v) is 13.2. The van der Waals surface area contributed by atoms with Gasteiger partial charge >= 0.3 is 0 Å². The van der Waals surface area contributed by atoms with Crippen molar-refractivity contribution < 1.29 is 24.3 Å². The number of fused-ring (bicyclic) bond motifs is 4. The molecule has 0 spiro atoms. The van der Waals surface area contributed by atoms with Gasteiger partial charge in [-0.25, -0.2) is 0 Å². The van der Waals surface area contributed by atoms with Crippen molar-refractivity contribution in [2.75, 3.05) is 5.45 Å². The van der Waals surface area contributed by atoms with Crippen molar-refractivity contribution in [2.45, 2.75) is 35.1 Å². The highest BCUT2D eigenvalue weighted by molar-refractivity contribution is 9.09. The minimum atomic E-state index is -1.93. The van der Waals surface area contributed by atoms with E-state index < -0.39 is 45.2 Å². The third-order valence-electron chi connectivity index (χ3n) is 8.30. The maximum absolute atomic E-state index is 13.8. The van der Waals surface area contributed by atoms with Gasteiger partial charge in [0.05, 0.1) is 23.8 Å². The number of rotatable bonds is 4. The zero-order chi connectivity index (χ0) is 27.1. The minimum absolute atomic E-state index is 0.0822. The summed E-state index contributed by atoms with van der Waals surface area (Å²) in [6.45, 7) is 0.178. The molecule has 3 heterocycles. The molecule has 38 heavy (non-hydrogen) atoms. The van der Waals surface area contributed by atoms with Crippen LogP contribution in [0.4, 0.5) is 0 Å². The molecule has 1 aromatic heterocycles. The zero-order valence-electron chi connectivity index (χ0n) is 19.6. The smallest absolute Gasteiger partial charge is 0.254 e. The fraction of sp³-hybridized carbons (Fsp3) is 0.385. The average molecular weight is 659 g/mol. The van der Waals surface area contributed by atoms with E-state index in [-0.39, 0.29) is 47.4 Å². The van der Waals surface area contributed by atoms with Gasteiger partial charge in [0.1, 0.15) is 5.75 Å². The number of alkyl halides is 3. The topological polar surface area (TPSA) is 95.0 Å². The summed E-state index contributed by atoms with van der Waals surface area (Å²) in [4.78, 5) is 53.9. The van der Waals surface area contributed by atoms with Gasteiger partial charge in [0.25, 0.3) is 11.8 Å². The summed E-state index contributed by atoms with van der Waals surface area (Å²) in [6.07, 6.45) is 2.05. The van der Waals surface area contributed by atoms with E-state index in [0.717, 1.165) is 9.78 Å². The summed E-state index contributed by atoms with van der Waals surface area (Å²) >= 11 is 25.6. The summed E-state index contributed by atoms with van der Waals surface area (Å²) in [5.74, 6) is -4.94. The number of hydrogen-bond donors (Lipinski definition) is 1. The Bertz CT molecular complexity index is 1430. The van der Waals surface area contributed by atoms with Crippen molar-refractivity contribution in [3.8, 4) is 5.75 Å². The molecule has 2 aromatic rings. The number of likely N-dealkylation sites (tertiary alicyclic amines) is 2. The normalized spacial score (nSPS) is 34.4. The van der Waals surface area contributed by atoms with Crippen LogP contribution in [-0.4, -0.2) is 53.7 Å². The van der Waals surface area contributed by atoms with Crippen LogP contribution in [0.5, 0.6) is 5.75 Å². The number of carbonyl (C=O) groups excluding carboxylic acids is 4. The van der Waals surface area contributed by atoms with Gasteiger partial charge in [-0.2, -0.15) is 0 Å². The summed E-state index contributed by atoms with van der Waals surface area (Å²) in [5.41, 5.74) is 0.955. The van der Waals surface area contributed by atoms with E-state index in [0.29, 0.717) is 11.1 Å². The van der Waals surface area contributed by atoms with Crippen molar-refractivity contribution >= 4 is 85.7 Å². The molecule has 2 aliphatic heterocycles. The summed E-state index contributed by atoms with van der Waals surface area (Å²) in [7, 11) is 0. The maximum atomic E-state index is 13.8. The number of thiophene rings is 1. The molecule has 12 heteroatoms. The lowest BCUT2D eigenvalue weighted by molar-refractivity contribution is -0.141. The highest BCUT2D eigenvalue weighted by Gasteiger charge is 2.76. The molecule has 4 amide bonds. The Labute approximate surface area is 245 Å². The van der Waals surface area contributed by atoms with Gasteiger partial charge in [0.2, 0.25) is 11.8 Å². The summed E-state index contributed by atoms with van der Waals surface area (Å²) < 4.78 is 0. The quantitative estimate of drug-likeness (QED) is 0.216. The molecule has 6 atom stereocenters. The molecule has 2 saturated heterocycles. The van der Waals surface area contributed by atoms with Gasteiger partial charge in [-0.3, -0.25) is 29.0 Å². The van der Waals surface area contributed by atoms with E-state index in [2.05, 4.69) is 15.9 Å². The van der Waals surface area contributed by atoms with Gasteiger partial charge in [0, 0.05) is 15.8 Å². The van der Waals surface area contributed by atoms with E-state index in [4.69, 9.17) is 34.8 Å². The Balaban J connectivity index is 1.51. The molecular formula is C26H20BrCl3N2O5S. The molecule has 0 unspecified atom stereocenters. The molecule has 0 bridgehead atoms. The van der Waals surface area contributed by atoms with E-state index in [1.807, 2.05) is 23.6 Å². The van der Waals surface area contributed by atoms with Crippen LogP contribution in [0.2, 0.25) is 5.02 Å². The van der Waals surface area contributed by atoms with Crippen LogP contribution in [0.3, 0.4) is 0 Å². The Hall–Kier alpha value is -1.91. The number of amides is 4. The lowest BCUT2D eigenvalue weighted by Gasteiger charge is -2.51. The standard InChI is InChI=1S/C26H20BrCl3N2O5S/c27-11-32-23(36)25(29)9-17-14(20(26(25,30)24(32)37)15-4-3-12(33)8-18(15)28)5-6-16-19(17)22(35)31(21(16)34)10-13-2-1-7-38-13/h1-5,7-8,16-17,19-20,33H,6,9-11H2/t16-,17+,19-,20+,25+,26-/m0/s1. The van der Waals surface area contributed by atoms with E-state index in [9.17, 15) is 24.3 Å². The Kier molecular flexibility index (Phi) is 6.28. The molecule has 7 nitrogen and oxygen atoms in total. The first-order valence-corrected chi connectivity index (χ1v) is 15.0. The third kappa shape index (κ3) is 3.38. The number of benzene rings is 1. The van der Waals surface area contributed by atoms with E-state index in [1.54, 1.807) is 6.07 Å². The first-order chi connectivity index (χ1) is 18.0. The molecule has 3 fully saturated rings. The van der Waals surface area contributed by atoms with Crippen LogP contribution in [-0.2, 0) is 25.7 Å². The number of nitrogens with zero attached hydrogens (tertiary/aromatic N) is 2. The fourth-order valence-electron chi connectivity index (χ4n) is 6.63. The zero-order valence-corrected chi connectivity index (χ0v) is 24.2. The molecule has 4 aliphatic rings. The van der Waals surface area contributed by atoms with Gasteiger partial charge in [-0.1, -0.05) is 51.3 Å². The number of phenols is 1. The average Bonchev–Trinajstić information content (AvgIpc) is 3.52. The van der Waals surface area contributed by atoms with Gasteiger partial charge in [0.15, 0.2) is 9.75 Å². The van der Waals surface area contributed by atoms with E-state index >= 15 is 0 Å². The van der Waals surface area contributed by atoms with Crippen molar-refractivity contribution in [2.24, 2.45) is 17.8 Å². The van der Waals surface area contributed by atoms with E-state index in [1.165, 1.54) is 28.4 Å². The molecule has 1 N–H and O–H groups in total. The highest BCUT2D eigenvalue weighted by atomic mass is 79.9. The number of aromatic hydroxyl groups is 1. The highest BCUT2D eigenvalue weighted by Crippen LogP contribution is 2.66. The molecule has 2 aliphatic carbocycles. The van der Waals surface area contributed by atoms with Crippen LogP contribution < -0.4 is 0 Å². The molecule has 1 aromatic carbocycles. The van der Waals surface area contributed by atoms with Crippen LogP contribution in [0.15, 0.2) is 47.4 Å². The molecular weight excluding hydrogens is 639 g/mol. The van der Waals surface area contributed by atoms with Crippen molar-refractivity contribution in [1.82, 2.24) is 9.80 Å². The molecule has 6 rings (SSSR count). The third-order valence-corrected chi connectivity index (χ3v) is 11.4. The molecule has 198 valence electrons. The first-order valence-electron chi connectivity index (χ1n) is 11.9. The Morgan fingerprint density at radius 3 is 2.47 bits per heavy atom. The number of allylic oxidation sites excluding steroid dienone is 2. The first kappa shape index (κ1) is 26.3. The number of halogens is 4. The van der Waals surface area contributed by atoms with Gasteiger partial charge in [-0.15, -0.1) is 34.5 Å². The predicted molar refractivity (Wildman–Crippen MR) is 146 cm³/mol. The Morgan fingerprint density at radius 2 is 1.82 bits per heavy atom. The van der Waals surface area contributed by atoms with Crippen LogP contribution in [0, 0.1) is 17.8 Å². The molecule has 1 saturated carbocycles. The monoisotopic (exact) mass is 656 g/mol. The van der Waals surface area contributed by atoms with Crippen LogP contribution in [0.25, 0.3) is 0 Å². The van der Waals surface area contributed by atoms with Crippen LogP contribution in [0.1, 0.15) is 29.2 Å². The predicted octanol–water partition coefficient (Wildman–Crippen LogP) is 5.02. The van der Waals surface area contributed by atoms with Gasteiger partial charge < -0.3 is 5.11 Å². The second kappa shape index (κ2) is 9.06. The summed E-state index contributed by atoms with van der Waals surface area (Å²) in [5, 5.41) is 12.0. The summed E-state index contributed by atoms with van der Waals surface area (Å²) in [6, 6.07) is 8.04. The maximum Gasteiger partial charge on any atom is 0.254 e. The second-order valence-electron chi connectivity index (χ2n) is 10.0. The van der Waals surface area contributed by atoms with Crippen molar-refractivity contribution in [3.63, 3.8) is 0 Å². The number of phenolic OH excluding ortho intramolecular Hbond substituents is 1. The van der Waals surface area contributed by atoms with Gasteiger partial charge in [-0.05, 0) is 47.9 Å².